The van der Waals surface area contributed by atoms with Crippen molar-refractivity contribution in [1.29, 1.82) is 0 Å². The highest BCUT2D eigenvalue weighted by molar-refractivity contribution is 5.88. The molecule has 1 heterocycles. The van der Waals surface area contributed by atoms with Crippen LogP contribution >= 0.6 is 0 Å². The fourth-order valence-corrected chi connectivity index (χ4v) is 2.17. The molecule has 0 aliphatic rings. The number of hydrogen-bond donors (Lipinski definition) is 1. The number of carboxylic acids is 1. The van der Waals surface area contributed by atoms with E-state index in [0.29, 0.717) is 11.5 Å². The molecule has 3 rings (SSSR count). The number of pyridine rings is 1. The second kappa shape index (κ2) is 5.25. The molecule has 0 aliphatic heterocycles. The Morgan fingerprint density at radius 1 is 1.10 bits per heavy atom. The van der Waals surface area contributed by atoms with Gasteiger partial charge < -0.3 is 9.84 Å². The Hall–Kier alpha value is -2.88. The van der Waals surface area contributed by atoms with Crippen LogP contribution < -0.4 is 4.74 Å². The Bertz CT molecular complexity index is 822. The summed E-state index contributed by atoms with van der Waals surface area (Å²) in [6, 6.07) is 14.4. The molecule has 21 heavy (non-hydrogen) atoms. The number of rotatable bonds is 3. The van der Waals surface area contributed by atoms with E-state index in [2.05, 4.69) is 4.98 Å². The lowest BCUT2D eigenvalue weighted by molar-refractivity contribution is 0.0697. The lowest BCUT2D eigenvalue weighted by Gasteiger charge is -2.11. The van der Waals surface area contributed by atoms with E-state index in [1.165, 1.54) is 6.07 Å². The summed E-state index contributed by atoms with van der Waals surface area (Å²) in [6.07, 6.45) is 1.72. The summed E-state index contributed by atoms with van der Waals surface area (Å²) in [5.74, 6) is 0.328. The van der Waals surface area contributed by atoms with E-state index in [1.54, 1.807) is 18.3 Å². The highest BCUT2D eigenvalue weighted by atomic mass is 16.5. The zero-order chi connectivity index (χ0) is 14.8. The molecule has 0 bridgehead atoms. The van der Waals surface area contributed by atoms with Crippen LogP contribution in [0.3, 0.4) is 0 Å². The third kappa shape index (κ3) is 2.56. The van der Waals surface area contributed by atoms with Gasteiger partial charge in [0.05, 0.1) is 5.56 Å². The molecular formula is C17H13NO3. The van der Waals surface area contributed by atoms with Gasteiger partial charge in [0.1, 0.15) is 11.3 Å². The van der Waals surface area contributed by atoms with Crippen molar-refractivity contribution in [3.63, 3.8) is 0 Å². The number of hydrogen-bond acceptors (Lipinski definition) is 3. The van der Waals surface area contributed by atoms with Crippen LogP contribution in [-0.4, -0.2) is 16.1 Å². The Kier molecular flexibility index (Phi) is 3.28. The number of para-hydroxylation sites is 1. The van der Waals surface area contributed by atoms with Crippen LogP contribution in [0.4, 0.5) is 0 Å². The molecule has 0 fully saturated rings. The Balaban J connectivity index is 2.01. The summed E-state index contributed by atoms with van der Waals surface area (Å²) in [6.45, 7) is 1.82. The first-order valence-corrected chi connectivity index (χ1v) is 6.51. The van der Waals surface area contributed by atoms with Crippen LogP contribution in [0.2, 0.25) is 0 Å². The maximum atomic E-state index is 10.9. The summed E-state index contributed by atoms with van der Waals surface area (Å²) in [5.41, 5.74) is 1.79. The minimum Gasteiger partial charge on any atom is -0.478 e. The SMILES string of the molecule is Cc1cc(C(=O)O)ccc1Oc1cccc2cccnc12. The zero-order valence-electron chi connectivity index (χ0n) is 11.4. The van der Waals surface area contributed by atoms with Crippen molar-refractivity contribution in [3.8, 4) is 11.5 Å². The highest BCUT2D eigenvalue weighted by Crippen LogP contribution is 2.30. The van der Waals surface area contributed by atoms with Crippen molar-refractivity contribution in [3.05, 3.63) is 65.9 Å². The maximum absolute atomic E-state index is 10.9. The number of aryl methyl sites for hydroxylation is 1. The van der Waals surface area contributed by atoms with Crippen LogP contribution in [0, 0.1) is 6.92 Å². The monoisotopic (exact) mass is 279 g/mol. The van der Waals surface area contributed by atoms with E-state index < -0.39 is 5.97 Å². The van der Waals surface area contributed by atoms with E-state index >= 15 is 0 Å². The van der Waals surface area contributed by atoms with Crippen molar-refractivity contribution in [1.82, 2.24) is 4.98 Å². The first-order valence-electron chi connectivity index (χ1n) is 6.51. The maximum Gasteiger partial charge on any atom is 0.335 e. The second-order valence-corrected chi connectivity index (χ2v) is 4.72. The van der Waals surface area contributed by atoms with Gasteiger partial charge in [0.2, 0.25) is 0 Å². The summed E-state index contributed by atoms with van der Waals surface area (Å²) < 4.78 is 5.90. The standard InChI is InChI=1S/C17H13NO3/c1-11-10-13(17(19)20)7-8-14(11)21-15-6-2-4-12-5-3-9-18-16(12)15/h2-10H,1H3,(H,19,20). The largest absolute Gasteiger partial charge is 0.478 e. The molecule has 0 aliphatic carbocycles. The third-order valence-corrected chi connectivity index (χ3v) is 3.24. The molecule has 1 aromatic heterocycles. The van der Waals surface area contributed by atoms with Gasteiger partial charge in [-0.2, -0.15) is 0 Å². The molecule has 0 atom stereocenters. The number of aromatic carboxylic acids is 1. The summed E-state index contributed by atoms with van der Waals surface area (Å²) >= 11 is 0. The number of carbonyl (C=O) groups is 1. The molecule has 0 amide bonds. The first kappa shape index (κ1) is 13.1. The molecule has 0 spiro atoms. The van der Waals surface area contributed by atoms with E-state index in [-0.39, 0.29) is 5.56 Å². The van der Waals surface area contributed by atoms with Crippen molar-refractivity contribution in [2.75, 3.05) is 0 Å². The molecule has 104 valence electrons. The molecule has 0 unspecified atom stereocenters. The predicted octanol–water partition coefficient (Wildman–Crippen LogP) is 4.03. The van der Waals surface area contributed by atoms with Gasteiger partial charge in [0, 0.05) is 11.6 Å². The van der Waals surface area contributed by atoms with Crippen LogP contribution in [0.15, 0.2) is 54.7 Å². The van der Waals surface area contributed by atoms with Crippen LogP contribution in [0.5, 0.6) is 11.5 Å². The van der Waals surface area contributed by atoms with Gasteiger partial charge in [-0.25, -0.2) is 4.79 Å². The minimum atomic E-state index is -0.948. The number of benzene rings is 2. The second-order valence-electron chi connectivity index (χ2n) is 4.72. The molecular weight excluding hydrogens is 266 g/mol. The van der Waals surface area contributed by atoms with E-state index in [9.17, 15) is 4.79 Å². The van der Waals surface area contributed by atoms with Gasteiger partial charge >= 0.3 is 5.97 Å². The summed E-state index contributed by atoms with van der Waals surface area (Å²) in [4.78, 5) is 15.3. The van der Waals surface area contributed by atoms with E-state index in [4.69, 9.17) is 9.84 Å². The number of carboxylic acid groups (broad SMARTS) is 1. The quantitative estimate of drug-likeness (QED) is 0.786. The smallest absolute Gasteiger partial charge is 0.335 e. The molecule has 0 saturated carbocycles. The Morgan fingerprint density at radius 2 is 1.90 bits per heavy atom. The number of ether oxygens (including phenoxy) is 1. The van der Waals surface area contributed by atoms with Crippen LogP contribution in [0.25, 0.3) is 10.9 Å². The van der Waals surface area contributed by atoms with Crippen molar-refractivity contribution >= 4 is 16.9 Å². The number of fused-ring (bicyclic) bond motifs is 1. The molecule has 0 radical (unpaired) electrons. The van der Waals surface area contributed by atoms with Gasteiger partial charge in [-0.3, -0.25) is 4.98 Å². The molecule has 4 nitrogen and oxygen atoms in total. The lowest BCUT2D eigenvalue weighted by atomic mass is 10.1. The fourth-order valence-electron chi connectivity index (χ4n) is 2.17. The molecule has 4 heteroatoms. The molecule has 3 aromatic rings. The van der Waals surface area contributed by atoms with Gasteiger partial charge in [-0.15, -0.1) is 0 Å². The highest BCUT2D eigenvalue weighted by Gasteiger charge is 2.09. The topological polar surface area (TPSA) is 59.4 Å². The molecule has 1 N–H and O–H groups in total. The lowest BCUT2D eigenvalue weighted by Crippen LogP contribution is -1.97. The van der Waals surface area contributed by atoms with Gasteiger partial charge in [0.15, 0.2) is 5.75 Å². The average Bonchev–Trinajstić information content (AvgIpc) is 2.49. The van der Waals surface area contributed by atoms with Gasteiger partial charge in [-0.05, 0) is 42.8 Å². The zero-order valence-corrected chi connectivity index (χ0v) is 11.4. The number of aromatic nitrogens is 1. The minimum absolute atomic E-state index is 0.246. The van der Waals surface area contributed by atoms with E-state index in [1.807, 2.05) is 37.3 Å². The van der Waals surface area contributed by atoms with Gasteiger partial charge in [-0.1, -0.05) is 18.2 Å². The molecule has 0 saturated heterocycles. The van der Waals surface area contributed by atoms with Gasteiger partial charge in [0.25, 0.3) is 0 Å². The normalized spacial score (nSPS) is 10.5. The summed E-state index contributed by atoms with van der Waals surface area (Å²) in [5, 5.41) is 9.98. The third-order valence-electron chi connectivity index (χ3n) is 3.24. The number of nitrogens with zero attached hydrogens (tertiary/aromatic N) is 1. The van der Waals surface area contributed by atoms with Crippen LogP contribution in [0.1, 0.15) is 15.9 Å². The van der Waals surface area contributed by atoms with Crippen molar-refractivity contribution < 1.29 is 14.6 Å². The van der Waals surface area contributed by atoms with Crippen molar-refractivity contribution in [2.24, 2.45) is 0 Å². The van der Waals surface area contributed by atoms with E-state index in [0.717, 1.165) is 16.5 Å². The average molecular weight is 279 g/mol. The van der Waals surface area contributed by atoms with Crippen LogP contribution in [-0.2, 0) is 0 Å². The van der Waals surface area contributed by atoms with Crippen molar-refractivity contribution in [2.45, 2.75) is 6.92 Å². The molecule has 2 aromatic carbocycles. The Labute approximate surface area is 121 Å². The fraction of sp³-hybridized carbons (Fsp3) is 0.0588. The summed E-state index contributed by atoms with van der Waals surface area (Å²) in [7, 11) is 0. The Morgan fingerprint density at radius 3 is 2.67 bits per heavy atom. The first-order chi connectivity index (χ1) is 10.1. The predicted molar refractivity (Wildman–Crippen MR) is 80.0 cm³/mol.